The van der Waals surface area contributed by atoms with Gasteiger partial charge in [0.25, 0.3) is 0 Å². The molecule has 5 heteroatoms. The van der Waals surface area contributed by atoms with E-state index in [9.17, 15) is 4.79 Å². The zero-order valence-corrected chi connectivity index (χ0v) is 19.4. The summed E-state index contributed by atoms with van der Waals surface area (Å²) in [4.78, 5) is 13.0. The first kappa shape index (κ1) is 21.2. The second-order valence-electron chi connectivity index (χ2n) is 9.01. The van der Waals surface area contributed by atoms with Crippen molar-refractivity contribution in [2.24, 2.45) is 0 Å². The van der Waals surface area contributed by atoms with E-state index in [0.29, 0.717) is 0 Å². The maximum atomic E-state index is 13.0. The SMILES string of the molecule is COC(=O)C(c1cccc(OC)c1)c1cn([Si](C)(C)C(C)(C)C)c2ccccc12. The molecule has 1 unspecified atom stereocenters. The number of para-hydroxylation sites is 1. The first-order chi connectivity index (χ1) is 13.6. The van der Waals surface area contributed by atoms with Crippen molar-refractivity contribution in [3.8, 4) is 5.75 Å². The van der Waals surface area contributed by atoms with Gasteiger partial charge in [0, 0.05) is 17.1 Å². The second-order valence-corrected chi connectivity index (χ2v) is 14.1. The van der Waals surface area contributed by atoms with Gasteiger partial charge in [-0.05, 0) is 34.4 Å². The van der Waals surface area contributed by atoms with Crippen molar-refractivity contribution in [2.45, 2.75) is 44.8 Å². The topological polar surface area (TPSA) is 40.5 Å². The fourth-order valence-electron chi connectivity index (χ4n) is 3.64. The van der Waals surface area contributed by atoms with E-state index in [-0.39, 0.29) is 11.0 Å². The van der Waals surface area contributed by atoms with Crippen LogP contribution in [-0.2, 0) is 9.53 Å². The average Bonchev–Trinajstić information content (AvgIpc) is 3.07. The van der Waals surface area contributed by atoms with E-state index in [1.54, 1.807) is 7.11 Å². The number of nitrogens with zero attached hydrogens (tertiary/aromatic N) is 1. The molecular formula is C24H31NO3Si. The third kappa shape index (κ3) is 3.71. The number of hydrogen-bond acceptors (Lipinski definition) is 3. The quantitative estimate of drug-likeness (QED) is 0.394. The molecule has 4 nitrogen and oxygen atoms in total. The van der Waals surface area contributed by atoms with Gasteiger partial charge in [0.05, 0.1) is 14.2 Å². The zero-order chi connectivity index (χ0) is 21.4. The molecule has 0 saturated carbocycles. The molecule has 0 spiro atoms. The van der Waals surface area contributed by atoms with Crippen LogP contribution in [0.2, 0.25) is 18.1 Å². The number of fused-ring (bicyclic) bond motifs is 1. The largest absolute Gasteiger partial charge is 0.497 e. The van der Waals surface area contributed by atoms with Gasteiger partial charge in [-0.15, -0.1) is 0 Å². The van der Waals surface area contributed by atoms with E-state index >= 15 is 0 Å². The van der Waals surface area contributed by atoms with Gasteiger partial charge in [-0.3, -0.25) is 4.79 Å². The molecule has 0 bridgehead atoms. The van der Waals surface area contributed by atoms with Crippen molar-refractivity contribution in [2.75, 3.05) is 14.2 Å². The van der Waals surface area contributed by atoms with Crippen LogP contribution in [0.3, 0.4) is 0 Å². The number of ether oxygens (including phenoxy) is 2. The smallest absolute Gasteiger partial charge is 0.317 e. The van der Waals surface area contributed by atoms with E-state index in [0.717, 1.165) is 22.3 Å². The van der Waals surface area contributed by atoms with Crippen LogP contribution in [0.4, 0.5) is 0 Å². The summed E-state index contributed by atoms with van der Waals surface area (Å²) in [7, 11) is 1.19. The van der Waals surface area contributed by atoms with Gasteiger partial charge in [-0.1, -0.05) is 64.2 Å². The lowest BCUT2D eigenvalue weighted by Crippen LogP contribution is -2.44. The Morgan fingerprint density at radius 2 is 1.72 bits per heavy atom. The number of methoxy groups -OCH3 is 2. The minimum atomic E-state index is -1.89. The van der Waals surface area contributed by atoms with Crippen LogP contribution in [0, 0.1) is 0 Å². The molecule has 0 aliphatic carbocycles. The molecule has 154 valence electrons. The summed E-state index contributed by atoms with van der Waals surface area (Å²) in [6.45, 7) is 11.7. The molecule has 3 aromatic rings. The predicted octanol–water partition coefficient (Wildman–Crippen LogP) is 5.81. The van der Waals surface area contributed by atoms with Crippen LogP contribution in [0.15, 0.2) is 54.7 Å². The van der Waals surface area contributed by atoms with Crippen LogP contribution in [0.1, 0.15) is 37.8 Å². The highest BCUT2D eigenvalue weighted by molar-refractivity contribution is 6.79. The van der Waals surface area contributed by atoms with E-state index in [2.05, 4.69) is 62.5 Å². The Hall–Kier alpha value is -2.53. The van der Waals surface area contributed by atoms with Gasteiger partial charge in [0.1, 0.15) is 11.7 Å². The third-order valence-electron chi connectivity index (χ3n) is 6.36. The summed E-state index contributed by atoms with van der Waals surface area (Å²) in [6, 6.07) is 16.0. The Labute approximate surface area is 174 Å². The number of carbonyl (C=O) groups excluding carboxylic acids is 1. The molecule has 1 atom stereocenters. The Morgan fingerprint density at radius 3 is 2.34 bits per heavy atom. The highest BCUT2D eigenvalue weighted by atomic mass is 28.3. The molecule has 1 aromatic heterocycles. The minimum absolute atomic E-state index is 0.156. The van der Waals surface area contributed by atoms with Gasteiger partial charge in [-0.2, -0.15) is 0 Å². The summed E-state index contributed by atoms with van der Waals surface area (Å²) >= 11 is 0. The van der Waals surface area contributed by atoms with E-state index in [4.69, 9.17) is 9.47 Å². The molecule has 0 fully saturated rings. The van der Waals surface area contributed by atoms with Crippen molar-refractivity contribution >= 4 is 25.1 Å². The van der Waals surface area contributed by atoms with Crippen LogP contribution in [-0.4, -0.2) is 32.7 Å². The fourth-order valence-corrected chi connectivity index (χ4v) is 5.62. The first-order valence-corrected chi connectivity index (χ1v) is 12.9. The fraction of sp³-hybridized carbons (Fsp3) is 0.375. The van der Waals surface area contributed by atoms with Gasteiger partial charge >= 0.3 is 5.97 Å². The predicted molar refractivity (Wildman–Crippen MR) is 121 cm³/mol. The number of benzene rings is 2. The summed E-state index contributed by atoms with van der Waals surface area (Å²) in [5.74, 6) is -0.0491. The van der Waals surface area contributed by atoms with Crippen molar-refractivity contribution < 1.29 is 14.3 Å². The van der Waals surface area contributed by atoms with Crippen molar-refractivity contribution in [1.82, 2.24) is 4.23 Å². The third-order valence-corrected chi connectivity index (χ3v) is 11.6. The van der Waals surface area contributed by atoms with E-state index in [1.807, 2.05) is 30.3 Å². The van der Waals surface area contributed by atoms with Crippen molar-refractivity contribution in [3.05, 3.63) is 65.9 Å². The Balaban J connectivity index is 2.30. The van der Waals surface area contributed by atoms with Crippen LogP contribution < -0.4 is 4.74 Å². The van der Waals surface area contributed by atoms with Crippen molar-refractivity contribution in [1.29, 1.82) is 0 Å². The number of esters is 1. The lowest BCUT2D eigenvalue weighted by molar-refractivity contribution is -0.141. The maximum Gasteiger partial charge on any atom is 0.317 e. The Bertz CT molecular complexity index is 1030. The molecule has 1 heterocycles. The molecule has 0 saturated heterocycles. The van der Waals surface area contributed by atoms with Gasteiger partial charge in [-0.25, -0.2) is 0 Å². The molecule has 2 aromatic carbocycles. The second kappa shape index (κ2) is 7.71. The monoisotopic (exact) mass is 409 g/mol. The molecule has 29 heavy (non-hydrogen) atoms. The Kier molecular flexibility index (Phi) is 5.63. The summed E-state index contributed by atoms with van der Waals surface area (Å²) in [5, 5.41) is 1.25. The molecule has 0 N–H and O–H groups in total. The zero-order valence-electron chi connectivity index (χ0n) is 18.4. The lowest BCUT2D eigenvalue weighted by Gasteiger charge is -2.38. The number of rotatable bonds is 5. The first-order valence-electron chi connectivity index (χ1n) is 9.94. The molecule has 0 aliphatic rings. The lowest BCUT2D eigenvalue weighted by atomic mass is 9.91. The standard InChI is InChI=1S/C24H31NO3Si/c1-24(2,3)29(6,7)25-16-20(19-13-8-9-14-21(19)25)22(23(26)28-5)17-11-10-12-18(15-17)27-4/h8-16,22H,1-7H3. The van der Waals surface area contributed by atoms with Crippen LogP contribution in [0.25, 0.3) is 10.9 Å². The van der Waals surface area contributed by atoms with E-state index in [1.165, 1.54) is 12.6 Å². The maximum absolute atomic E-state index is 13.0. The van der Waals surface area contributed by atoms with Gasteiger partial charge in [0.2, 0.25) is 0 Å². The van der Waals surface area contributed by atoms with Crippen molar-refractivity contribution in [3.63, 3.8) is 0 Å². The van der Waals surface area contributed by atoms with Gasteiger partial charge < -0.3 is 13.7 Å². The number of hydrogen-bond donors (Lipinski definition) is 0. The molecule has 0 amide bonds. The summed E-state index contributed by atoms with van der Waals surface area (Å²) in [5.41, 5.74) is 3.02. The van der Waals surface area contributed by atoms with E-state index < -0.39 is 14.2 Å². The number of aromatic nitrogens is 1. The summed E-state index contributed by atoms with van der Waals surface area (Å²) < 4.78 is 13.1. The van der Waals surface area contributed by atoms with Crippen LogP contribution in [0.5, 0.6) is 5.75 Å². The molecule has 0 aliphatic heterocycles. The average molecular weight is 410 g/mol. The van der Waals surface area contributed by atoms with Gasteiger partial charge in [0.15, 0.2) is 8.24 Å². The molecular weight excluding hydrogens is 378 g/mol. The number of carbonyl (C=O) groups is 1. The normalized spacial score (nSPS) is 13.3. The highest BCUT2D eigenvalue weighted by Crippen LogP contribution is 2.42. The molecule has 3 rings (SSSR count). The minimum Gasteiger partial charge on any atom is -0.497 e. The Morgan fingerprint density at radius 1 is 1.03 bits per heavy atom. The summed E-state index contributed by atoms with van der Waals surface area (Å²) in [6.07, 6.45) is 2.18. The van der Waals surface area contributed by atoms with Crippen LogP contribution >= 0.6 is 0 Å². The molecule has 0 radical (unpaired) electrons. The highest BCUT2D eigenvalue weighted by Gasteiger charge is 2.39.